The van der Waals surface area contributed by atoms with E-state index in [-0.39, 0.29) is 28.4 Å². The quantitative estimate of drug-likeness (QED) is 0.571. The molecule has 0 N–H and O–H groups in total. The molecular weight excluding hydrogens is 433 g/mol. The Kier molecular flexibility index (Phi) is 5.40. The maximum Gasteiger partial charge on any atom is 0.325 e. The van der Waals surface area contributed by atoms with E-state index in [0.717, 1.165) is 40.8 Å². The SMILES string of the molecule is COC(=O)Cn1c2c(sc1=O)[C@H](c1c(F)cccc1F)CC(=O)N2c1ccc(F)cc1. The second-order valence-electron chi connectivity index (χ2n) is 6.82. The van der Waals surface area contributed by atoms with Gasteiger partial charge in [0.2, 0.25) is 5.91 Å². The molecule has 0 fully saturated rings. The van der Waals surface area contributed by atoms with Crippen molar-refractivity contribution in [1.29, 1.82) is 0 Å². The number of carbonyl (C=O) groups is 2. The van der Waals surface area contributed by atoms with Gasteiger partial charge in [0.25, 0.3) is 0 Å². The van der Waals surface area contributed by atoms with Gasteiger partial charge in [0.05, 0.1) is 17.7 Å². The van der Waals surface area contributed by atoms with Crippen molar-refractivity contribution in [3.8, 4) is 0 Å². The second kappa shape index (κ2) is 8.03. The van der Waals surface area contributed by atoms with Gasteiger partial charge in [0.1, 0.15) is 29.8 Å². The number of methoxy groups -OCH3 is 1. The van der Waals surface area contributed by atoms with Gasteiger partial charge in [0, 0.05) is 17.9 Å². The van der Waals surface area contributed by atoms with Crippen LogP contribution in [0.25, 0.3) is 0 Å². The maximum absolute atomic E-state index is 14.5. The molecule has 160 valence electrons. The van der Waals surface area contributed by atoms with Gasteiger partial charge in [0.15, 0.2) is 0 Å². The van der Waals surface area contributed by atoms with Gasteiger partial charge in [-0.3, -0.25) is 23.9 Å². The number of halogens is 3. The van der Waals surface area contributed by atoms with E-state index in [4.69, 9.17) is 0 Å². The highest BCUT2D eigenvalue weighted by molar-refractivity contribution is 7.10. The molecule has 1 aromatic heterocycles. The number of hydrogen-bond donors (Lipinski definition) is 0. The molecule has 0 unspecified atom stereocenters. The number of aromatic nitrogens is 1. The van der Waals surface area contributed by atoms with E-state index in [9.17, 15) is 27.6 Å². The van der Waals surface area contributed by atoms with E-state index in [2.05, 4.69) is 4.74 Å². The van der Waals surface area contributed by atoms with Gasteiger partial charge in [-0.05, 0) is 36.4 Å². The third-order valence-electron chi connectivity index (χ3n) is 5.00. The van der Waals surface area contributed by atoms with Crippen molar-refractivity contribution >= 4 is 34.7 Å². The number of esters is 1. The normalized spacial score (nSPS) is 15.7. The summed E-state index contributed by atoms with van der Waals surface area (Å²) in [7, 11) is 1.15. The lowest BCUT2D eigenvalue weighted by Gasteiger charge is -2.32. The topological polar surface area (TPSA) is 68.6 Å². The number of amides is 1. The first-order valence-corrected chi connectivity index (χ1v) is 9.96. The fraction of sp³-hybridized carbons (Fsp3) is 0.190. The number of rotatable bonds is 4. The molecule has 0 saturated carbocycles. The number of ether oxygens (including phenoxy) is 1. The summed E-state index contributed by atoms with van der Waals surface area (Å²) >= 11 is 0.692. The molecule has 1 aliphatic heterocycles. The van der Waals surface area contributed by atoms with E-state index >= 15 is 0 Å². The van der Waals surface area contributed by atoms with Gasteiger partial charge in [-0.1, -0.05) is 17.4 Å². The molecule has 31 heavy (non-hydrogen) atoms. The second-order valence-corrected chi connectivity index (χ2v) is 7.81. The zero-order valence-electron chi connectivity index (χ0n) is 16.1. The highest BCUT2D eigenvalue weighted by Crippen LogP contribution is 2.45. The van der Waals surface area contributed by atoms with Crippen LogP contribution in [0.3, 0.4) is 0 Å². The van der Waals surface area contributed by atoms with Crippen molar-refractivity contribution in [1.82, 2.24) is 4.57 Å². The number of thiazole rings is 1. The molecule has 0 bridgehead atoms. The molecule has 0 aliphatic carbocycles. The minimum absolute atomic E-state index is 0.0101. The van der Waals surface area contributed by atoms with Crippen molar-refractivity contribution in [3.05, 3.63) is 80.0 Å². The van der Waals surface area contributed by atoms with Crippen molar-refractivity contribution in [3.63, 3.8) is 0 Å². The van der Waals surface area contributed by atoms with Crippen LogP contribution in [0.15, 0.2) is 47.3 Å². The number of anilines is 2. The van der Waals surface area contributed by atoms with E-state index in [1.165, 1.54) is 18.2 Å². The Bertz CT molecular complexity index is 1220. The summed E-state index contributed by atoms with van der Waals surface area (Å²) in [5.74, 6) is -4.58. The monoisotopic (exact) mass is 448 g/mol. The van der Waals surface area contributed by atoms with Gasteiger partial charge >= 0.3 is 10.8 Å². The average Bonchev–Trinajstić information content (AvgIpc) is 3.05. The average molecular weight is 448 g/mol. The highest BCUT2D eigenvalue weighted by atomic mass is 32.1. The number of carbonyl (C=O) groups excluding carboxylic acids is 2. The molecule has 4 rings (SSSR count). The van der Waals surface area contributed by atoms with Crippen molar-refractivity contribution in [2.24, 2.45) is 0 Å². The molecule has 0 radical (unpaired) electrons. The van der Waals surface area contributed by atoms with Crippen LogP contribution in [0.5, 0.6) is 0 Å². The number of hydrogen-bond acceptors (Lipinski definition) is 5. The predicted octanol–water partition coefficient (Wildman–Crippen LogP) is 3.70. The van der Waals surface area contributed by atoms with Crippen LogP contribution in [-0.4, -0.2) is 23.6 Å². The Hall–Kier alpha value is -3.40. The van der Waals surface area contributed by atoms with Crippen LogP contribution >= 0.6 is 11.3 Å². The molecule has 3 aromatic rings. The Balaban J connectivity index is 1.96. The van der Waals surface area contributed by atoms with Crippen molar-refractivity contribution < 1.29 is 27.5 Å². The molecule has 2 heterocycles. The third kappa shape index (κ3) is 3.63. The largest absolute Gasteiger partial charge is 0.468 e. The fourth-order valence-electron chi connectivity index (χ4n) is 3.62. The summed E-state index contributed by atoms with van der Waals surface area (Å²) in [5.41, 5.74) is -0.0844. The predicted molar refractivity (Wildman–Crippen MR) is 107 cm³/mol. The standard InChI is InChI=1S/C21H15F3N2O4S/c1-30-17(28)10-25-20-19(31-21(25)29)13(18-14(23)3-2-4-15(18)24)9-16(27)26(20)12-7-5-11(22)6-8-12/h2-8,13H,9-10H2,1H3/t13-/m0/s1. The number of nitrogens with zero attached hydrogens (tertiary/aromatic N) is 2. The summed E-state index contributed by atoms with van der Waals surface area (Å²) in [4.78, 5) is 38.5. The molecule has 0 spiro atoms. The molecule has 1 atom stereocenters. The van der Waals surface area contributed by atoms with Crippen LogP contribution in [-0.2, 0) is 20.9 Å². The van der Waals surface area contributed by atoms with E-state index in [0.29, 0.717) is 11.3 Å². The smallest absolute Gasteiger partial charge is 0.325 e. The molecule has 1 aliphatic rings. The molecule has 10 heteroatoms. The lowest BCUT2D eigenvalue weighted by atomic mass is 9.89. The van der Waals surface area contributed by atoms with Crippen LogP contribution < -0.4 is 9.77 Å². The van der Waals surface area contributed by atoms with Crippen LogP contribution in [0.4, 0.5) is 24.7 Å². The Morgan fingerprint density at radius 1 is 1.10 bits per heavy atom. The molecule has 6 nitrogen and oxygen atoms in total. The molecule has 1 amide bonds. The lowest BCUT2D eigenvalue weighted by Crippen LogP contribution is -2.36. The first-order valence-electron chi connectivity index (χ1n) is 9.14. The van der Waals surface area contributed by atoms with Gasteiger partial charge in [-0.2, -0.15) is 0 Å². The highest BCUT2D eigenvalue weighted by Gasteiger charge is 2.40. The van der Waals surface area contributed by atoms with Crippen LogP contribution in [0.1, 0.15) is 22.8 Å². The summed E-state index contributed by atoms with van der Waals surface area (Å²) < 4.78 is 48.1. The van der Waals surface area contributed by atoms with Crippen LogP contribution in [0.2, 0.25) is 0 Å². The summed E-state index contributed by atoms with van der Waals surface area (Å²) in [6.45, 7) is -0.501. The summed E-state index contributed by atoms with van der Waals surface area (Å²) in [5, 5.41) is 0. The zero-order valence-corrected chi connectivity index (χ0v) is 16.9. The fourth-order valence-corrected chi connectivity index (χ4v) is 4.70. The van der Waals surface area contributed by atoms with Gasteiger partial charge in [-0.15, -0.1) is 0 Å². The lowest BCUT2D eigenvalue weighted by molar-refractivity contribution is -0.141. The van der Waals surface area contributed by atoms with Crippen molar-refractivity contribution in [2.45, 2.75) is 18.9 Å². The van der Waals surface area contributed by atoms with Gasteiger partial charge in [-0.25, -0.2) is 13.2 Å². The molecule has 0 saturated heterocycles. The summed E-state index contributed by atoms with van der Waals surface area (Å²) in [6.07, 6.45) is -0.319. The Morgan fingerprint density at radius 2 is 1.74 bits per heavy atom. The van der Waals surface area contributed by atoms with E-state index in [1.807, 2.05) is 0 Å². The Morgan fingerprint density at radius 3 is 2.35 bits per heavy atom. The summed E-state index contributed by atoms with van der Waals surface area (Å²) in [6, 6.07) is 8.30. The van der Waals surface area contributed by atoms with Gasteiger partial charge < -0.3 is 4.74 Å². The minimum atomic E-state index is -1.06. The minimum Gasteiger partial charge on any atom is -0.468 e. The molecular formula is C21H15F3N2O4S. The first kappa shape index (κ1) is 20.9. The Labute approximate surface area is 178 Å². The third-order valence-corrected chi connectivity index (χ3v) is 6.08. The molecule has 2 aromatic carbocycles. The van der Waals surface area contributed by atoms with Crippen molar-refractivity contribution in [2.75, 3.05) is 12.0 Å². The zero-order chi connectivity index (χ0) is 22.3. The van der Waals surface area contributed by atoms with E-state index in [1.54, 1.807) is 0 Å². The van der Waals surface area contributed by atoms with Crippen LogP contribution in [0, 0.1) is 17.5 Å². The number of fused-ring (bicyclic) bond motifs is 1. The van der Waals surface area contributed by atoms with E-state index < -0.39 is 46.7 Å². The first-order chi connectivity index (χ1) is 14.8. The number of benzene rings is 2. The maximum atomic E-state index is 14.5.